The molecule has 0 heterocycles. The molecule has 1 aromatic carbocycles. The molecule has 0 aromatic heterocycles. The van der Waals surface area contributed by atoms with Crippen molar-refractivity contribution in [3.05, 3.63) is 38.9 Å². The molecule has 1 aromatic rings. The van der Waals surface area contributed by atoms with Crippen LogP contribution in [0.4, 0.5) is 5.69 Å². The number of nitrogens with zero attached hydrogens (tertiary/aromatic N) is 3. The molecule has 0 atom stereocenters. The lowest BCUT2D eigenvalue weighted by molar-refractivity contribution is -0.385. The molecule has 15 heavy (non-hydrogen) atoms. The molecule has 0 radical (unpaired) electrons. The van der Waals surface area contributed by atoms with Crippen LogP contribution in [-0.4, -0.2) is 4.92 Å². The first-order valence-corrected chi connectivity index (χ1v) is 4.15. The van der Waals surface area contributed by atoms with Crippen LogP contribution in [0.3, 0.4) is 0 Å². The first-order valence-electron chi connectivity index (χ1n) is 4.15. The van der Waals surface area contributed by atoms with E-state index in [0.717, 1.165) is 5.56 Å². The van der Waals surface area contributed by atoms with Crippen molar-refractivity contribution in [2.24, 2.45) is 0 Å². The predicted molar refractivity (Wildman–Crippen MR) is 51.9 cm³/mol. The Morgan fingerprint density at radius 2 is 2.13 bits per heavy atom. The summed E-state index contributed by atoms with van der Waals surface area (Å²) in [5.74, 6) is 0. The quantitative estimate of drug-likeness (QED) is 0.539. The van der Waals surface area contributed by atoms with Gasteiger partial charge < -0.3 is 0 Å². The maximum absolute atomic E-state index is 10.6. The first kappa shape index (κ1) is 10.7. The summed E-state index contributed by atoms with van der Waals surface area (Å²) < 4.78 is 0. The topological polar surface area (TPSA) is 90.7 Å². The largest absolute Gasteiger partial charge is 0.287 e. The van der Waals surface area contributed by atoms with Crippen LogP contribution in [-0.2, 0) is 6.42 Å². The lowest BCUT2D eigenvalue weighted by Crippen LogP contribution is -1.99. The molecule has 0 N–H and O–H groups in total. The predicted octanol–water partition coefficient (Wildman–Crippen LogP) is 1.84. The van der Waals surface area contributed by atoms with Crippen molar-refractivity contribution >= 4 is 5.69 Å². The minimum atomic E-state index is -0.612. The molecule has 74 valence electrons. The summed E-state index contributed by atoms with van der Waals surface area (Å²) in [6, 6.07) is 6.50. The Hall–Kier alpha value is -2.40. The summed E-state index contributed by atoms with van der Waals surface area (Å²) in [4.78, 5) is 10.0. The molecule has 0 bridgehead atoms. The van der Waals surface area contributed by atoms with Crippen LogP contribution in [0.1, 0.15) is 16.7 Å². The van der Waals surface area contributed by atoms with Crippen molar-refractivity contribution < 1.29 is 4.92 Å². The average molecular weight is 201 g/mol. The summed E-state index contributed by atoms with van der Waals surface area (Å²) in [5.41, 5.74) is 0.905. The second kappa shape index (κ2) is 4.21. The van der Waals surface area contributed by atoms with Crippen LogP contribution >= 0.6 is 0 Å². The maximum Gasteiger partial charge on any atom is 0.287 e. The van der Waals surface area contributed by atoms with E-state index in [1.54, 1.807) is 19.1 Å². The molecule has 0 aliphatic carbocycles. The molecule has 5 heteroatoms. The van der Waals surface area contributed by atoms with E-state index in [1.807, 2.05) is 6.07 Å². The molecular weight excluding hydrogens is 194 g/mol. The molecule has 0 amide bonds. The smallest absolute Gasteiger partial charge is 0.258 e. The number of hydrogen-bond acceptors (Lipinski definition) is 4. The van der Waals surface area contributed by atoms with E-state index in [-0.39, 0.29) is 17.7 Å². The minimum Gasteiger partial charge on any atom is -0.258 e. The summed E-state index contributed by atoms with van der Waals surface area (Å²) in [5, 5.41) is 28.0. The van der Waals surface area contributed by atoms with Crippen molar-refractivity contribution in [3.63, 3.8) is 0 Å². The van der Waals surface area contributed by atoms with E-state index in [9.17, 15) is 10.1 Å². The summed E-state index contributed by atoms with van der Waals surface area (Å²) in [6.45, 7) is 1.72. The zero-order valence-electron chi connectivity index (χ0n) is 8.02. The normalized spacial score (nSPS) is 9.00. The Bertz CT molecular complexity index is 495. The van der Waals surface area contributed by atoms with Crippen molar-refractivity contribution in [2.45, 2.75) is 13.3 Å². The Kier molecular flexibility index (Phi) is 3.00. The van der Waals surface area contributed by atoms with Gasteiger partial charge in [0, 0.05) is 6.07 Å². The second-order valence-corrected chi connectivity index (χ2v) is 2.96. The molecule has 0 aliphatic heterocycles. The van der Waals surface area contributed by atoms with Crippen molar-refractivity contribution in [3.8, 4) is 12.1 Å². The highest BCUT2D eigenvalue weighted by atomic mass is 16.6. The molecule has 0 saturated carbocycles. The maximum atomic E-state index is 10.6. The van der Waals surface area contributed by atoms with Gasteiger partial charge in [0.05, 0.1) is 17.4 Å². The van der Waals surface area contributed by atoms with Crippen molar-refractivity contribution in [2.75, 3.05) is 0 Å². The SMILES string of the molecule is Cc1ccc([N+](=O)[O-])c(C#N)c1CC#N. The molecule has 1 rings (SSSR count). The Labute approximate surface area is 86.3 Å². The first-order chi connectivity index (χ1) is 7.11. The molecular formula is C10H7N3O2. The lowest BCUT2D eigenvalue weighted by Gasteiger charge is -2.03. The molecule has 0 unspecified atom stereocenters. The van der Waals surface area contributed by atoms with E-state index in [0.29, 0.717) is 5.56 Å². The fourth-order valence-electron chi connectivity index (χ4n) is 1.32. The lowest BCUT2D eigenvalue weighted by atomic mass is 9.99. The number of nitro benzene ring substituents is 1. The highest BCUT2D eigenvalue weighted by molar-refractivity contribution is 5.56. The van der Waals surface area contributed by atoms with Crippen LogP contribution < -0.4 is 0 Å². The van der Waals surface area contributed by atoms with E-state index in [4.69, 9.17) is 10.5 Å². The third-order valence-corrected chi connectivity index (χ3v) is 2.09. The van der Waals surface area contributed by atoms with Gasteiger partial charge in [-0.3, -0.25) is 10.1 Å². The summed E-state index contributed by atoms with van der Waals surface area (Å²) in [7, 11) is 0. The van der Waals surface area contributed by atoms with Gasteiger partial charge in [-0.05, 0) is 18.1 Å². The van der Waals surface area contributed by atoms with E-state index < -0.39 is 4.92 Å². The van der Waals surface area contributed by atoms with Gasteiger partial charge in [0.1, 0.15) is 11.6 Å². The van der Waals surface area contributed by atoms with Gasteiger partial charge in [-0.15, -0.1) is 0 Å². The van der Waals surface area contributed by atoms with Crippen LogP contribution in [0, 0.1) is 39.7 Å². The van der Waals surface area contributed by atoms with Gasteiger partial charge in [0.2, 0.25) is 0 Å². The number of rotatable bonds is 2. The van der Waals surface area contributed by atoms with Crippen molar-refractivity contribution in [1.29, 1.82) is 10.5 Å². The minimum absolute atomic E-state index is 0.0103. The van der Waals surface area contributed by atoms with Gasteiger partial charge in [-0.1, -0.05) is 6.07 Å². The number of aryl methyl sites for hydroxylation is 1. The third kappa shape index (κ3) is 1.92. The van der Waals surface area contributed by atoms with Gasteiger partial charge in [0.15, 0.2) is 0 Å². The van der Waals surface area contributed by atoms with Gasteiger partial charge >= 0.3 is 0 Å². The van der Waals surface area contributed by atoms with Crippen LogP contribution in [0.15, 0.2) is 12.1 Å². The van der Waals surface area contributed by atoms with Crippen LogP contribution in [0.25, 0.3) is 0 Å². The van der Waals surface area contributed by atoms with Crippen molar-refractivity contribution in [1.82, 2.24) is 0 Å². The highest BCUT2D eigenvalue weighted by Gasteiger charge is 2.18. The van der Waals surface area contributed by atoms with Gasteiger partial charge in [0.25, 0.3) is 5.69 Å². The molecule has 0 fully saturated rings. The fourth-order valence-corrected chi connectivity index (χ4v) is 1.32. The monoisotopic (exact) mass is 201 g/mol. The number of nitro groups is 1. The third-order valence-electron chi connectivity index (χ3n) is 2.09. The summed E-state index contributed by atoms with van der Waals surface area (Å²) >= 11 is 0. The average Bonchev–Trinajstić information content (AvgIpc) is 2.20. The molecule has 0 aliphatic rings. The Morgan fingerprint density at radius 3 is 2.60 bits per heavy atom. The number of benzene rings is 1. The van der Waals surface area contributed by atoms with E-state index in [1.165, 1.54) is 6.07 Å². The second-order valence-electron chi connectivity index (χ2n) is 2.96. The Balaban J connectivity index is 3.50. The van der Waals surface area contributed by atoms with Crippen LogP contribution in [0.5, 0.6) is 0 Å². The zero-order chi connectivity index (χ0) is 11.4. The Morgan fingerprint density at radius 1 is 1.47 bits per heavy atom. The van der Waals surface area contributed by atoms with E-state index >= 15 is 0 Å². The molecule has 0 spiro atoms. The van der Waals surface area contributed by atoms with Crippen LogP contribution in [0.2, 0.25) is 0 Å². The standard InChI is InChI=1S/C10H7N3O2/c1-7-2-3-10(13(14)15)9(6-12)8(7)4-5-11/h2-3H,4H2,1H3. The van der Waals surface area contributed by atoms with Gasteiger partial charge in [-0.25, -0.2) is 0 Å². The highest BCUT2D eigenvalue weighted by Crippen LogP contribution is 2.24. The fraction of sp³-hybridized carbons (Fsp3) is 0.200. The molecule has 5 nitrogen and oxygen atoms in total. The van der Waals surface area contributed by atoms with E-state index in [2.05, 4.69) is 0 Å². The van der Waals surface area contributed by atoms with Gasteiger partial charge in [-0.2, -0.15) is 10.5 Å². The number of nitriles is 2. The summed E-state index contributed by atoms with van der Waals surface area (Å²) in [6.07, 6.45) is 0.0103. The number of hydrogen-bond donors (Lipinski definition) is 0. The zero-order valence-corrected chi connectivity index (χ0v) is 8.02. The molecule has 0 saturated heterocycles.